The predicted octanol–water partition coefficient (Wildman–Crippen LogP) is 11.7. The lowest BCUT2D eigenvalue weighted by atomic mass is 10.1. The summed E-state index contributed by atoms with van der Waals surface area (Å²) in [6, 6.07) is 51.7. The summed E-state index contributed by atoms with van der Waals surface area (Å²) in [5.41, 5.74) is 10.5. The van der Waals surface area contributed by atoms with Crippen molar-refractivity contribution in [1.82, 2.24) is 9.13 Å². The topological polar surface area (TPSA) is 36.1 Å². The molecule has 0 unspecified atom stereocenters. The number of para-hydroxylation sites is 4. The van der Waals surface area contributed by atoms with Gasteiger partial charge in [-0.25, -0.2) is 0 Å². The summed E-state index contributed by atoms with van der Waals surface area (Å²) in [5, 5.41) is 9.27. The fraction of sp³-hybridized carbons (Fsp3) is 0. The number of benzene rings is 7. The van der Waals surface area contributed by atoms with E-state index in [1.807, 2.05) is 12.1 Å². The van der Waals surface area contributed by atoms with Crippen LogP contribution in [0.4, 0.5) is 0 Å². The minimum absolute atomic E-state index is 0.884. The zero-order valence-electron chi connectivity index (χ0n) is 24.6. The van der Waals surface area contributed by atoms with E-state index in [4.69, 9.17) is 8.83 Å². The van der Waals surface area contributed by atoms with Crippen LogP contribution in [0.15, 0.2) is 154 Å². The SMILES string of the molecule is c1ccc2c(c1)oc1ccc(-n3c4ccccc4c4c5oc6ccc(-n7c8ccccc8c8ccccc87)cc6c5ccc43)cc12. The molecule has 0 N–H and O–H groups in total. The van der Waals surface area contributed by atoms with Crippen molar-refractivity contribution in [2.45, 2.75) is 0 Å². The molecule has 46 heavy (non-hydrogen) atoms. The van der Waals surface area contributed by atoms with Crippen LogP contribution in [0.3, 0.4) is 0 Å². The number of nitrogens with zero attached hydrogens (tertiary/aromatic N) is 2. The number of hydrogen-bond donors (Lipinski definition) is 0. The molecular weight excluding hydrogens is 564 g/mol. The molecule has 0 aliphatic rings. The Morgan fingerprint density at radius 1 is 0.326 bits per heavy atom. The molecule has 0 aliphatic heterocycles. The molecule has 0 saturated heterocycles. The molecule has 0 fully saturated rings. The van der Waals surface area contributed by atoms with Gasteiger partial charge in [-0.3, -0.25) is 0 Å². The number of aromatic nitrogens is 2. The summed E-state index contributed by atoms with van der Waals surface area (Å²) >= 11 is 0. The van der Waals surface area contributed by atoms with E-state index in [0.29, 0.717) is 0 Å². The Kier molecular flexibility index (Phi) is 4.55. The summed E-state index contributed by atoms with van der Waals surface area (Å²) in [5.74, 6) is 0. The lowest BCUT2D eigenvalue weighted by Gasteiger charge is -2.08. The van der Waals surface area contributed by atoms with Crippen LogP contribution >= 0.6 is 0 Å². The molecule has 0 aliphatic carbocycles. The van der Waals surface area contributed by atoms with E-state index in [1.165, 1.54) is 27.2 Å². The monoisotopic (exact) mass is 588 g/mol. The van der Waals surface area contributed by atoms with Crippen molar-refractivity contribution in [1.29, 1.82) is 0 Å². The zero-order valence-corrected chi connectivity index (χ0v) is 24.6. The molecule has 0 saturated carbocycles. The smallest absolute Gasteiger partial charge is 0.145 e. The number of furan rings is 2. The third kappa shape index (κ3) is 3.07. The van der Waals surface area contributed by atoms with Crippen molar-refractivity contribution in [3.8, 4) is 11.4 Å². The van der Waals surface area contributed by atoms with Gasteiger partial charge in [0.25, 0.3) is 0 Å². The largest absolute Gasteiger partial charge is 0.456 e. The predicted molar refractivity (Wildman–Crippen MR) is 190 cm³/mol. The van der Waals surface area contributed by atoms with Crippen molar-refractivity contribution in [2.24, 2.45) is 0 Å². The van der Waals surface area contributed by atoms with Crippen molar-refractivity contribution >= 4 is 87.5 Å². The fourth-order valence-electron chi connectivity index (χ4n) is 7.75. The van der Waals surface area contributed by atoms with Gasteiger partial charge in [0, 0.05) is 49.1 Å². The highest BCUT2D eigenvalue weighted by Crippen LogP contribution is 2.42. The van der Waals surface area contributed by atoms with Crippen LogP contribution < -0.4 is 0 Å². The molecule has 4 aromatic heterocycles. The summed E-state index contributed by atoms with van der Waals surface area (Å²) in [7, 11) is 0. The maximum absolute atomic E-state index is 6.75. The highest BCUT2D eigenvalue weighted by molar-refractivity contribution is 6.24. The first-order chi connectivity index (χ1) is 22.8. The molecule has 0 bridgehead atoms. The third-order valence-corrected chi connectivity index (χ3v) is 9.71. The lowest BCUT2D eigenvalue weighted by molar-refractivity contribution is 0.669. The number of fused-ring (bicyclic) bond motifs is 13. The van der Waals surface area contributed by atoms with Crippen LogP contribution in [0.25, 0.3) is 98.9 Å². The van der Waals surface area contributed by atoms with E-state index >= 15 is 0 Å². The van der Waals surface area contributed by atoms with E-state index in [-0.39, 0.29) is 0 Å². The molecule has 214 valence electrons. The molecule has 0 amide bonds. The molecular formula is C42H24N2O2. The van der Waals surface area contributed by atoms with Crippen molar-refractivity contribution in [3.63, 3.8) is 0 Å². The summed E-state index contributed by atoms with van der Waals surface area (Å²) in [6.07, 6.45) is 0. The van der Waals surface area contributed by atoms with Gasteiger partial charge in [-0.15, -0.1) is 0 Å². The van der Waals surface area contributed by atoms with Gasteiger partial charge in [0.2, 0.25) is 0 Å². The van der Waals surface area contributed by atoms with Crippen LogP contribution in [0.2, 0.25) is 0 Å². The van der Waals surface area contributed by atoms with Crippen molar-refractivity contribution in [3.05, 3.63) is 146 Å². The molecule has 0 radical (unpaired) electrons. The highest BCUT2D eigenvalue weighted by atomic mass is 16.3. The van der Waals surface area contributed by atoms with E-state index in [2.05, 4.69) is 143 Å². The van der Waals surface area contributed by atoms with Crippen molar-refractivity contribution < 1.29 is 8.83 Å². The molecule has 0 atom stereocenters. The molecule has 4 heterocycles. The Bertz CT molecular complexity index is 2990. The molecule has 0 spiro atoms. The van der Waals surface area contributed by atoms with Crippen molar-refractivity contribution in [2.75, 3.05) is 0 Å². The van der Waals surface area contributed by atoms with E-state index < -0.39 is 0 Å². The summed E-state index contributed by atoms with van der Waals surface area (Å²) in [4.78, 5) is 0. The number of rotatable bonds is 2. The van der Waals surface area contributed by atoms with Gasteiger partial charge in [0.1, 0.15) is 22.3 Å². The van der Waals surface area contributed by atoms with Crippen LogP contribution in [0.1, 0.15) is 0 Å². The van der Waals surface area contributed by atoms with Crippen LogP contribution in [0, 0.1) is 0 Å². The molecule has 7 aromatic carbocycles. The second kappa shape index (κ2) is 8.68. The summed E-state index contributed by atoms with van der Waals surface area (Å²) in [6.45, 7) is 0. The average Bonchev–Trinajstić information content (AvgIpc) is 3.85. The van der Waals surface area contributed by atoms with Gasteiger partial charge in [0.15, 0.2) is 0 Å². The maximum Gasteiger partial charge on any atom is 0.145 e. The zero-order chi connectivity index (χ0) is 29.9. The van der Waals surface area contributed by atoms with E-state index in [1.54, 1.807) is 0 Å². The van der Waals surface area contributed by atoms with Crippen LogP contribution in [-0.4, -0.2) is 9.13 Å². The Balaban J connectivity index is 1.19. The minimum Gasteiger partial charge on any atom is -0.456 e. The molecule has 4 nitrogen and oxygen atoms in total. The summed E-state index contributed by atoms with van der Waals surface area (Å²) < 4.78 is 17.6. The average molecular weight is 589 g/mol. The fourth-order valence-corrected chi connectivity index (χ4v) is 7.75. The van der Waals surface area contributed by atoms with Crippen LogP contribution in [-0.2, 0) is 0 Å². The van der Waals surface area contributed by atoms with Gasteiger partial charge in [-0.2, -0.15) is 0 Å². The first-order valence-corrected chi connectivity index (χ1v) is 15.6. The quantitative estimate of drug-likeness (QED) is 0.201. The maximum atomic E-state index is 6.75. The Morgan fingerprint density at radius 2 is 0.826 bits per heavy atom. The first-order valence-electron chi connectivity index (χ1n) is 15.6. The second-order valence-electron chi connectivity index (χ2n) is 12.1. The normalized spacial score (nSPS) is 12.3. The second-order valence-corrected chi connectivity index (χ2v) is 12.1. The molecule has 11 aromatic rings. The highest BCUT2D eigenvalue weighted by Gasteiger charge is 2.20. The van der Waals surface area contributed by atoms with Gasteiger partial charge in [-0.1, -0.05) is 72.8 Å². The van der Waals surface area contributed by atoms with E-state index in [0.717, 1.165) is 71.7 Å². The third-order valence-electron chi connectivity index (χ3n) is 9.71. The number of hydrogen-bond acceptors (Lipinski definition) is 2. The van der Waals surface area contributed by atoms with Gasteiger partial charge in [-0.05, 0) is 72.8 Å². The van der Waals surface area contributed by atoms with Crippen LogP contribution in [0.5, 0.6) is 0 Å². The Labute approximate surface area is 261 Å². The van der Waals surface area contributed by atoms with E-state index in [9.17, 15) is 0 Å². The van der Waals surface area contributed by atoms with Gasteiger partial charge >= 0.3 is 0 Å². The first kappa shape index (κ1) is 24.1. The molecule has 11 rings (SSSR count). The van der Waals surface area contributed by atoms with Gasteiger partial charge < -0.3 is 18.0 Å². The molecule has 4 heteroatoms. The Morgan fingerprint density at radius 3 is 1.52 bits per heavy atom. The minimum atomic E-state index is 0.884. The van der Waals surface area contributed by atoms with Gasteiger partial charge in [0.05, 0.1) is 27.5 Å². The standard InChI is InChI=1S/C42H24N2O2/c1-5-13-34-27(9-1)28-10-2-6-14-35(28)43(34)25-18-22-40-33(24-25)30-19-20-37-41(42(30)46-40)31-12-3-7-15-36(31)44(37)26-17-21-39-32(23-26)29-11-4-8-16-38(29)45-39/h1-24H. The Hall–Kier alpha value is -6.26. The lowest BCUT2D eigenvalue weighted by Crippen LogP contribution is -1.93.